The minimum absolute atomic E-state index is 0.0479. The molecule has 15 heavy (non-hydrogen) atoms. The van der Waals surface area contributed by atoms with Crippen molar-refractivity contribution in [1.29, 1.82) is 5.41 Å². The van der Waals surface area contributed by atoms with E-state index in [1.165, 1.54) is 11.8 Å². The largest absolute Gasteiger partial charge is 0.461 e. The van der Waals surface area contributed by atoms with Crippen molar-refractivity contribution in [2.24, 2.45) is 11.7 Å². The van der Waals surface area contributed by atoms with Crippen LogP contribution < -0.4 is 5.73 Å². The van der Waals surface area contributed by atoms with Gasteiger partial charge in [-0.1, -0.05) is 31.5 Å². The number of thioether (sulfide) groups is 1. The lowest BCUT2D eigenvalue weighted by Gasteiger charge is -2.06. The number of amidine groups is 1. The summed E-state index contributed by atoms with van der Waals surface area (Å²) in [5.41, 5.74) is 5.23. The Morgan fingerprint density at radius 1 is 1.73 bits per heavy atom. The van der Waals surface area contributed by atoms with Gasteiger partial charge in [-0.15, -0.1) is 0 Å². The predicted octanol–water partition coefficient (Wildman–Crippen LogP) is 1.73. The summed E-state index contributed by atoms with van der Waals surface area (Å²) in [7, 11) is 0. The van der Waals surface area contributed by atoms with Gasteiger partial charge in [-0.3, -0.25) is 10.2 Å². The molecule has 4 nitrogen and oxygen atoms in total. The molecule has 0 radical (unpaired) electrons. The van der Waals surface area contributed by atoms with Crippen LogP contribution in [0, 0.1) is 11.3 Å². The molecule has 1 saturated heterocycles. The lowest BCUT2D eigenvalue weighted by Crippen LogP contribution is -2.14. The molecule has 0 aliphatic carbocycles. The monoisotopic (exact) mass is 230 g/mol. The van der Waals surface area contributed by atoms with Crippen molar-refractivity contribution in [1.82, 2.24) is 0 Å². The highest BCUT2D eigenvalue weighted by molar-refractivity contribution is 8.13. The zero-order chi connectivity index (χ0) is 11.3. The molecule has 0 aromatic rings. The Hall–Kier alpha value is -0.710. The lowest BCUT2D eigenvalue weighted by atomic mass is 9.99. The van der Waals surface area contributed by atoms with Gasteiger partial charge in [0.15, 0.2) is 5.17 Å². The number of nitrogens with two attached hydrogens (primary N) is 1. The van der Waals surface area contributed by atoms with Gasteiger partial charge in [-0.2, -0.15) is 0 Å². The second-order valence-electron chi connectivity index (χ2n) is 3.81. The van der Waals surface area contributed by atoms with Crippen LogP contribution in [0.1, 0.15) is 32.6 Å². The Labute approximate surface area is 94.4 Å². The molecule has 0 spiro atoms. The Morgan fingerprint density at radius 3 is 3.07 bits per heavy atom. The Kier molecular flexibility index (Phi) is 4.94. The van der Waals surface area contributed by atoms with Crippen LogP contribution in [0.25, 0.3) is 0 Å². The molecule has 0 amide bonds. The van der Waals surface area contributed by atoms with Crippen molar-refractivity contribution in [3.63, 3.8) is 0 Å². The minimum atomic E-state index is -0.0717. The SMILES string of the molecule is CCCC[C@H]1C[C@@H](CSC(=N)N)OC1=O. The van der Waals surface area contributed by atoms with Crippen molar-refractivity contribution < 1.29 is 9.53 Å². The fourth-order valence-electron chi connectivity index (χ4n) is 1.69. The zero-order valence-corrected chi connectivity index (χ0v) is 9.81. The van der Waals surface area contributed by atoms with Gasteiger partial charge >= 0.3 is 5.97 Å². The van der Waals surface area contributed by atoms with E-state index in [-0.39, 0.29) is 23.2 Å². The van der Waals surface area contributed by atoms with Gasteiger partial charge in [0.2, 0.25) is 0 Å². The van der Waals surface area contributed by atoms with Gasteiger partial charge in [-0.25, -0.2) is 0 Å². The number of unbranched alkanes of at least 4 members (excludes halogenated alkanes) is 1. The first-order valence-electron chi connectivity index (χ1n) is 5.30. The molecule has 2 atom stereocenters. The highest BCUT2D eigenvalue weighted by Crippen LogP contribution is 2.27. The standard InChI is InChI=1S/C10H18N2O2S/c1-2-3-4-7-5-8(14-9(7)13)6-15-10(11)12/h7-8H,2-6H2,1H3,(H3,11,12)/t7-,8-/m0/s1. The Morgan fingerprint density at radius 2 is 2.47 bits per heavy atom. The molecular formula is C10H18N2O2S. The minimum Gasteiger partial charge on any atom is -0.461 e. The molecule has 0 unspecified atom stereocenters. The van der Waals surface area contributed by atoms with E-state index < -0.39 is 0 Å². The lowest BCUT2D eigenvalue weighted by molar-refractivity contribution is -0.143. The summed E-state index contributed by atoms with van der Waals surface area (Å²) < 4.78 is 5.21. The van der Waals surface area contributed by atoms with E-state index in [2.05, 4.69) is 6.92 Å². The first-order chi connectivity index (χ1) is 7.13. The number of carbonyl (C=O) groups excluding carboxylic acids is 1. The Bertz CT molecular complexity index is 246. The van der Waals surface area contributed by atoms with Gasteiger partial charge in [-0.05, 0) is 12.8 Å². The molecule has 5 heteroatoms. The molecule has 0 saturated carbocycles. The fourth-order valence-corrected chi connectivity index (χ4v) is 2.26. The van der Waals surface area contributed by atoms with E-state index in [0.717, 1.165) is 25.7 Å². The van der Waals surface area contributed by atoms with E-state index >= 15 is 0 Å². The number of cyclic esters (lactones) is 1. The molecule has 1 heterocycles. The number of rotatable bonds is 5. The van der Waals surface area contributed by atoms with Crippen LogP contribution in [0.2, 0.25) is 0 Å². The smallest absolute Gasteiger partial charge is 0.309 e. The van der Waals surface area contributed by atoms with Gasteiger partial charge in [0, 0.05) is 5.75 Å². The average molecular weight is 230 g/mol. The van der Waals surface area contributed by atoms with Gasteiger partial charge in [0.05, 0.1) is 5.92 Å². The van der Waals surface area contributed by atoms with E-state index in [9.17, 15) is 4.79 Å². The summed E-state index contributed by atoms with van der Waals surface area (Å²) in [5.74, 6) is 0.615. The number of esters is 1. The number of nitrogens with one attached hydrogen (secondary N) is 1. The van der Waals surface area contributed by atoms with Crippen molar-refractivity contribution in [2.45, 2.75) is 38.7 Å². The summed E-state index contributed by atoms with van der Waals surface area (Å²) in [6.07, 6.45) is 3.85. The van der Waals surface area contributed by atoms with E-state index in [0.29, 0.717) is 5.75 Å². The van der Waals surface area contributed by atoms with Crippen LogP contribution in [0.3, 0.4) is 0 Å². The third-order valence-corrected chi connectivity index (χ3v) is 3.34. The highest BCUT2D eigenvalue weighted by atomic mass is 32.2. The van der Waals surface area contributed by atoms with Gasteiger partial charge in [0.25, 0.3) is 0 Å². The molecule has 0 aromatic carbocycles. The van der Waals surface area contributed by atoms with E-state index in [1.54, 1.807) is 0 Å². The first-order valence-corrected chi connectivity index (χ1v) is 6.29. The molecule has 86 valence electrons. The molecule has 0 bridgehead atoms. The third kappa shape index (κ3) is 4.11. The van der Waals surface area contributed by atoms with Crippen LogP contribution in [-0.4, -0.2) is 23.0 Å². The van der Waals surface area contributed by atoms with Crippen LogP contribution in [0.4, 0.5) is 0 Å². The van der Waals surface area contributed by atoms with Crippen molar-refractivity contribution in [3.05, 3.63) is 0 Å². The number of ether oxygens (including phenoxy) is 1. The second-order valence-corrected chi connectivity index (χ2v) is 4.87. The Balaban J connectivity index is 2.28. The molecule has 0 aromatic heterocycles. The van der Waals surface area contributed by atoms with E-state index in [4.69, 9.17) is 15.9 Å². The van der Waals surface area contributed by atoms with Crippen molar-refractivity contribution in [2.75, 3.05) is 5.75 Å². The number of hydrogen-bond acceptors (Lipinski definition) is 4. The normalized spacial score (nSPS) is 25.3. The molecule has 1 aliphatic heterocycles. The number of hydrogen-bond donors (Lipinski definition) is 2. The first kappa shape index (κ1) is 12.4. The van der Waals surface area contributed by atoms with Gasteiger partial charge in [0.1, 0.15) is 6.10 Å². The maximum Gasteiger partial charge on any atom is 0.309 e. The predicted molar refractivity (Wildman–Crippen MR) is 61.9 cm³/mol. The van der Waals surface area contributed by atoms with Crippen molar-refractivity contribution in [3.8, 4) is 0 Å². The summed E-state index contributed by atoms with van der Waals surface area (Å²) in [4.78, 5) is 11.4. The fraction of sp³-hybridized carbons (Fsp3) is 0.800. The molecule has 3 N–H and O–H groups in total. The molecular weight excluding hydrogens is 212 g/mol. The average Bonchev–Trinajstić information content (AvgIpc) is 2.53. The summed E-state index contributed by atoms with van der Waals surface area (Å²) in [5, 5.41) is 7.16. The second kappa shape index (κ2) is 6.00. The summed E-state index contributed by atoms with van der Waals surface area (Å²) >= 11 is 1.24. The molecule has 1 aliphatic rings. The van der Waals surface area contributed by atoms with Crippen LogP contribution >= 0.6 is 11.8 Å². The third-order valence-electron chi connectivity index (χ3n) is 2.49. The maximum atomic E-state index is 11.4. The highest BCUT2D eigenvalue weighted by Gasteiger charge is 2.33. The summed E-state index contributed by atoms with van der Waals surface area (Å²) in [6.45, 7) is 2.11. The van der Waals surface area contributed by atoms with E-state index in [1.807, 2.05) is 0 Å². The molecule has 1 fully saturated rings. The number of carbonyl (C=O) groups is 1. The van der Waals surface area contributed by atoms with Gasteiger partial charge < -0.3 is 10.5 Å². The zero-order valence-electron chi connectivity index (χ0n) is 8.99. The van der Waals surface area contributed by atoms with Crippen LogP contribution in [-0.2, 0) is 9.53 Å². The maximum absolute atomic E-state index is 11.4. The van der Waals surface area contributed by atoms with Crippen LogP contribution in [0.5, 0.6) is 0 Å². The quantitative estimate of drug-likeness (QED) is 0.428. The van der Waals surface area contributed by atoms with Crippen molar-refractivity contribution >= 4 is 22.9 Å². The summed E-state index contributed by atoms with van der Waals surface area (Å²) in [6, 6.07) is 0. The molecule has 1 rings (SSSR count). The topological polar surface area (TPSA) is 76.2 Å². The van der Waals surface area contributed by atoms with Crippen LogP contribution in [0.15, 0.2) is 0 Å².